The number of allylic oxidation sites excluding steroid dienone is 1. The molecule has 1 aliphatic rings. The number of ether oxygens (including phenoxy) is 3. The minimum atomic E-state index is -0.745. The molecular weight excluding hydrogens is 628 g/mol. The number of nitrogens with zero attached hydrogens (tertiary/aromatic N) is 2. The molecule has 3 aromatic rings. The average molecular weight is 650 g/mol. The number of esters is 2. The van der Waals surface area contributed by atoms with Crippen LogP contribution in [0.1, 0.15) is 37.9 Å². The molecule has 0 fully saturated rings. The van der Waals surface area contributed by atoms with E-state index in [1.807, 2.05) is 12.1 Å². The van der Waals surface area contributed by atoms with Crippen LogP contribution < -0.4 is 24.4 Å². The van der Waals surface area contributed by atoms with Crippen LogP contribution in [0, 0.1) is 0 Å². The molecule has 4 rings (SSSR count). The molecule has 1 atom stereocenters. The van der Waals surface area contributed by atoms with Crippen LogP contribution in [0.5, 0.6) is 11.5 Å². The quantitative estimate of drug-likeness (QED) is 0.293. The van der Waals surface area contributed by atoms with E-state index >= 15 is 0 Å². The summed E-state index contributed by atoms with van der Waals surface area (Å²) >= 11 is 8.04. The zero-order valence-corrected chi connectivity index (χ0v) is 24.3. The fourth-order valence-electron chi connectivity index (χ4n) is 3.97. The SMILES string of the molecule is CCOC(=O)C1=C(C)N=c2s/c(=C\c3cc(Br)cc(Br)c3OC(C)=O)c(=O)n2[C@H]1c1ccc(OC)cc1. The van der Waals surface area contributed by atoms with Crippen LogP contribution in [-0.4, -0.2) is 30.2 Å². The molecule has 0 saturated heterocycles. The van der Waals surface area contributed by atoms with Gasteiger partial charge in [-0.25, -0.2) is 9.79 Å². The van der Waals surface area contributed by atoms with Gasteiger partial charge in [0.05, 0.1) is 40.0 Å². The number of carbonyl (C=O) groups is 2. The van der Waals surface area contributed by atoms with Crippen molar-refractivity contribution in [3.63, 3.8) is 0 Å². The lowest BCUT2D eigenvalue weighted by atomic mass is 9.96. The van der Waals surface area contributed by atoms with Crippen molar-refractivity contribution in [2.75, 3.05) is 13.7 Å². The van der Waals surface area contributed by atoms with Crippen molar-refractivity contribution < 1.29 is 23.8 Å². The van der Waals surface area contributed by atoms with Gasteiger partial charge in [-0.2, -0.15) is 0 Å². The summed E-state index contributed by atoms with van der Waals surface area (Å²) < 4.78 is 19.1. The largest absolute Gasteiger partial charge is 0.497 e. The van der Waals surface area contributed by atoms with Gasteiger partial charge in [0.15, 0.2) is 10.6 Å². The molecule has 0 bridgehead atoms. The highest BCUT2D eigenvalue weighted by Crippen LogP contribution is 2.34. The van der Waals surface area contributed by atoms with Crippen LogP contribution in [0.2, 0.25) is 0 Å². The van der Waals surface area contributed by atoms with Gasteiger partial charge in [0.25, 0.3) is 5.56 Å². The van der Waals surface area contributed by atoms with Crippen LogP contribution in [0.25, 0.3) is 6.08 Å². The van der Waals surface area contributed by atoms with Gasteiger partial charge in [-0.05, 0) is 65.7 Å². The highest BCUT2D eigenvalue weighted by Gasteiger charge is 2.33. The van der Waals surface area contributed by atoms with Gasteiger partial charge in [-0.1, -0.05) is 39.4 Å². The molecule has 0 unspecified atom stereocenters. The standard InChI is InChI=1S/C26H22Br2N2O6S/c1-5-35-25(33)21-13(2)29-26-30(22(21)15-6-8-18(34-4)9-7-15)24(32)20(37-26)11-16-10-17(27)12-19(28)23(16)36-14(3)31/h6-12,22H,5H2,1-4H3/b20-11-/t22-/m0/s1. The predicted octanol–water partition coefficient (Wildman–Crippen LogP) is 4.26. The summed E-state index contributed by atoms with van der Waals surface area (Å²) in [6.07, 6.45) is 1.64. The predicted molar refractivity (Wildman–Crippen MR) is 147 cm³/mol. The Morgan fingerprint density at radius 2 is 1.89 bits per heavy atom. The lowest BCUT2D eigenvalue weighted by molar-refractivity contribution is -0.139. The number of rotatable bonds is 6. The Labute approximate surface area is 233 Å². The van der Waals surface area contributed by atoms with E-state index < -0.39 is 18.0 Å². The highest BCUT2D eigenvalue weighted by molar-refractivity contribution is 9.11. The number of benzene rings is 2. The molecule has 0 N–H and O–H groups in total. The smallest absolute Gasteiger partial charge is 0.338 e. The van der Waals surface area contributed by atoms with Crippen LogP contribution >= 0.6 is 43.2 Å². The van der Waals surface area contributed by atoms with E-state index in [-0.39, 0.29) is 23.5 Å². The molecule has 11 heteroatoms. The number of carbonyl (C=O) groups excluding carboxylic acids is 2. The molecule has 0 spiro atoms. The second-order valence-corrected chi connectivity index (χ2v) is 10.8. The Morgan fingerprint density at radius 3 is 2.51 bits per heavy atom. The van der Waals surface area contributed by atoms with Crippen molar-refractivity contribution in [3.05, 3.63) is 87.4 Å². The van der Waals surface area contributed by atoms with E-state index in [9.17, 15) is 14.4 Å². The zero-order chi connectivity index (χ0) is 26.9. The molecule has 2 heterocycles. The summed E-state index contributed by atoms with van der Waals surface area (Å²) in [5, 5.41) is 0. The van der Waals surface area contributed by atoms with Crippen molar-refractivity contribution in [2.45, 2.75) is 26.8 Å². The Hall–Kier alpha value is -3.02. The van der Waals surface area contributed by atoms with Gasteiger partial charge in [-0.3, -0.25) is 14.2 Å². The first-order chi connectivity index (χ1) is 17.6. The van der Waals surface area contributed by atoms with E-state index in [0.717, 1.165) is 4.47 Å². The molecule has 0 amide bonds. The van der Waals surface area contributed by atoms with E-state index in [1.54, 1.807) is 51.3 Å². The maximum atomic E-state index is 13.8. The first-order valence-corrected chi connectivity index (χ1v) is 13.6. The van der Waals surface area contributed by atoms with E-state index in [0.29, 0.717) is 36.4 Å². The van der Waals surface area contributed by atoms with Gasteiger partial charge >= 0.3 is 11.9 Å². The van der Waals surface area contributed by atoms with Crippen LogP contribution in [0.15, 0.2) is 66.4 Å². The number of halogens is 2. The zero-order valence-electron chi connectivity index (χ0n) is 20.3. The van der Waals surface area contributed by atoms with Gasteiger partial charge < -0.3 is 14.2 Å². The van der Waals surface area contributed by atoms with Crippen LogP contribution in [0.3, 0.4) is 0 Å². The Balaban J connectivity index is 1.97. The molecule has 0 saturated carbocycles. The summed E-state index contributed by atoms with van der Waals surface area (Å²) in [6, 6.07) is 9.91. The molecular formula is C26H22Br2N2O6S. The first kappa shape index (κ1) is 27.0. The summed E-state index contributed by atoms with van der Waals surface area (Å²) in [4.78, 5) is 43.6. The van der Waals surface area contributed by atoms with Crippen molar-refractivity contribution in [1.82, 2.24) is 4.57 Å². The molecule has 2 aromatic carbocycles. The first-order valence-electron chi connectivity index (χ1n) is 11.2. The van der Waals surface area contributed by atoms with E-state index in [2.05, 4.69) is 36.9 Å². The second-order valence-electron chi connectivity index (χ2n) is 7.98. The van der Waals surface area contributed by atoms with Crippen molar-refractivity contribution >= 4 is 61.2 Å². The number of thiazole rings is 1. The third kappa shape index (κ3) is 5.48. The lowest BCUT2D eigenvalue weighted by Gasteiger charge is -2.24. The highest BCUT2D eigenvalue weighted by atomic mass is 79.9. The Bertz CT molecular complexity index is 1610. The minimum Gasteiger partial charge on any atom is -0.497 e. The van der Waals surface area contributed by atoms with Gasteiger partial charge in [0.1, 0.15) is 5.75 Å². The molecule has 0 aliphatic carbocycles. The number of aromatic nitrogens is 1. The number of hydrogen-bond acceptors (Lipinski definition) is 8. The van der Waals surface area contributed by atoms with E-state index in [1.165, 1.54) is 22.8 Å². The van der Waals surface area contributed by atoms with E-state index in [4.69, 9.17) is 14.2 Å². The van der Waals surface area contributed by atoms with Gasteiger partial charge in [-0.15, -0.1) is 0 Å². The van der Waals surface area contributed by atoms with Gasteiger partial charge in [0.2, 0.25) is 0 Å². The molecule has 0 radical (unpaired) electrons. The normalized spacial score (nSPS) is 15.2. The maximum absolute atomic E-state index is 13.8. The average Bonchev–Trinajstić information content (AvgIpc) is 3.14. The fourth-order valence-corrected chi connectivity index (χ4v) is 6.35. The monoisotopic (exact) mass is 648 g/mol. The maximum Gasteiger partial charge on any atom is 0.338 e. The van der Waals surface area contributed by atoms with Crippen molar-refractivity contribution in [2.24, 2.45) is 4.99 Å². The molecule has 1 aliphatic heterocycles. The van der Waals surface area contributed by atoms with Crippen LogP contribution in [0.4, 0.5) is 0 Å². The summed E-state index contributed by atoms with van der Waals surface area (Å²) in [7, 11) is 1.57. The summed E-state index contributed by atoms with van der Waals surface area (Å²) in [5.74, 6) is -0.0929. The Kier molecular flexibility index (Phi) is 8.15. The fraction of sp³-hybridized carbons (Fsp3) is 0.231. The van der Waals surface area contributed by atoms with Gasteiger partial charge in [0, 0.05) is 17.0 Å². The molecule has 192 valence electrons. The summed E-state index contributed by atoms with van der Waals surface area (Å²) in [6.45, 7) is 4.94. The molecule has 1 aromatic heterocycles. The number of fused-ring (bicyclic) bond motifs is 1. The topological polar surface area (TPSA) is 96.2 Å². The number of methoxy groups -OCH3 is 1. The van der Waals surface area contributed by atoms with Crippen molar-refractivity contribution in [1.29, 1.82) is 0 Å². The molecule has 37 heavy (non-hydrogen) atoms. The van der Waals surface area contributed by atoms with Crippen LogP contribution in [-0.2, 0) is 14.3 Å². The lowest BCUT2D eigenvalue weighted by Crippen LogP contribution is -2.39. The minimum absolute atomic E-state index is 0.187. The number of hydrogen-bond donors (Lipinski definition) is 0. The second kappa shape index (κ2) is 11.2. The third-order valence-electron chi connectivity index (χ3n) is 5.52. The Morgan fingerprint density at radius 1 is 1.19 bits per heavy atom. The summed E-state index contributed by atoms with van der Waals surface area (Å²) in [5.41, 5.74) is 1.64. The third-order valence-corrected chi connectivity index (χ3v) is 7.55. The molecule has 8 nitrogen and oxygen atoms in total. The van der Waals surface area contributed by atoms with Crippen molar-refractivity contribution in [3.8, 4) is 11.5 Å².